The Hall–Kier alpha value is -2.28. The van der Waals surface area contributed by atoms with Crippen molar-refractivity contribution in [3.8, 4) is 5.75 Å². The Balaban J connectivity index is 1.55. The summed E-state index contributed by atoms with van der Waals surface area (Å²) in [7, 11) is 0. The quantitative estimate of drug-likeness (QED) is 0.662. The molecule has 6 nitrogen and oxygen atoms in total. The van der Waals surface area contributed by atoms with E-state index < -0.39 is 0 Å². The van der Waals surface area contributed by atoms with Crippen LogP contribution in [0.15, 0.2) is 40.8 Å². The van der Waals surface area contributed by atoms with Crippen LogP contribution in [0.2, 0.25) is 0 Å². The number of aromatic nitrogens is 1. The Kier molecular flexibility index (Phi) is 4.43. The third kappa shape index (κ3) is 3.48. The van der Waals surface area contributed by atoms with Crippen LogP contribution in [0.4, 0.5) is 5.13 Å². The van der Waals surface area contributed by atoms with Crippen LogP contribution in [-0.4, -0.2) is 47.1 Å². The van der Waals surface area contributed by atoms with E-state index in [1.807, 2.05) is 23.7 Å². The Morgan fingerprint density at radius 2 is 2.14 bits per heavy atom. The number of phenolic OH excluding ortho intramolecular Hbond substituents is 1. The van der Waals surface area contributed by atoms with Gasteiger partial charge in [0.25, 0.3) is 0 Å². The Morgan fingerprint density at radius 3 is 2.82 bits per heavy atom. The van der Waals surface area contributed by atoms with Crippen molar-refractivity contribution >= 4 is 22.4 Å². The molecule has 0 spiro atoms. The van der Waals surface area contributed by atoms with Crippen LogP contribution in [0.3, 0.4) is 0 Å². The lowest BCUT2D eigenvalue weighted by molar-refractivity contribution is 0.380. The number of piperazine rings is 1. The summed E-state index contributed by atoms with van der Waals surface area (Å²) in [5, 5.41) is 12.5. The van der Waals surface area contributed by atoms with E-state index in [-0.39, 0.29) is 5.75 Å². The molecule has 0 saturated carbocycles. The van der Waals surface area contributed by atoms with Gasteiger partial charge in [-0.1, -0.05) is 12.1 Å². The molecule has 116 valence electrons. The third-order valence-corrected chi connectivity index (χ3v) is 4.46. The van der Waals surface area contributed by atoms with Gasteiger partial charge in [-0.3, -0.25) is 0 Å². The van der Waals surface area contributed by atoms with Gasteiger partial charge in [-0.25, -0.2) is 9.98 Å². The van der Waals surface area contributed by atoms with E-state index in [1.54, 1.807) is 23.5 Å². The van der Waals surface area contributed by atoms with Crippen LogP contribution in [0.25, 0.3) is 0 Å². The van der Waals surface area contributed by atoms with Gasteiger partial charge in [0, 0.05) is 37.8 Å². The van der Waals surface area contributed by atoms with E-state index in [2.05, 4.69) is 19.8 Å². The minimum absolute atomic E-state index is 0.253. The molecule has 3 rings (SSSR count). The van der Waals surface area contributed by atoms with Crippen molar-refractivity contribution in [3.05, 3.63) is 41.4 Å². The number of guanidine groups is 1. The number of hydrogen-bond donors (Lipinski definition) is 2. The molecule has 22 heavy (non-hydrogen) atoms. The Labute approximate surface area is 133 Å². The van der Waals surface area contributed by atoms with Crippen molar-refractivity contribution in [2.75, 3.05) is 31.1 Å². The molecule has 1 aliphatic rings. The zero-order valence-electron chi connectivity index (χ0n) is 12.2. The fourth-order valence-corrected chi connectivity index (χ4v) is 3.12. The van der Waals surface area contributed by atoms with Gasteiger partial charge in [0.15, 0.2) is 11.1 Å². The zero-order chi connectivity index (χ0) is 15.4. The van der Waals surface area contributed by atoms with Gasteiger partial charge < -0.3 is 20.6 Å². The smallest absolute Gasteiger partial charge is 0.191 e. The number of rotatable bonds is 3. The molecular weight excluding hydrogens is 298 g/mol. The van der Waals surface area contributed by atoms with Gasteiger partial charge >= 0.3 is 0 Å². The van der Waals surface area contributed by atoms with E-state index in [0.29, 0.717) is 12.5 Å². The molecule has 0 amide bonds. The van der Waals surface area contributed by atoms with Gasteiger partial charge in [0.05, 0.1) is 6.54 Å². The number of thiazole rings is 1. The van der Waals surface area contributed by atoms with Gasteiger partial charge in [-0.05, 0) is 17.7 Å². The summed E-state index contributed by atoms with van der Waals surface area (Å²) in [5.74, 6) is 0.811. The number of phenols is 1. The summed E-state index contributed by atoms with van der Waals surface area (Å²) in [6, 6.07) is 7.09. The van der Waals surface area contributed by atoms with Crippen LogP contribution >= 0.6 is 11.3 Å². The largest absolute Gasteiger partial charge is 0.508 e. The summed E-state index contributed by atoms with van der Waals surface area (Å²) in [6.07, 6.45) is 1.83. The molecule has 0 atom stereocenters. The summed E-state index contributed by atoms with van der Waals surface area (Å²) in [5.41, 5.74) is 7.03. The summed E-state index contributed by atoms with van der Waals surface area (Å²) in [6.45, 7) is 3.96. The molecule has 1 saturated heterocycles. The third-order valence-electron chi connectivity index (χ3n) is 3.63. The first-order chi connectivity index (χ1) is 10.7. The molecule has 2 aromatic rings. The van der Waals surface area contributed by atoms with Crippen molar-refractivity contribution in [2.24, 2.45) is 10.7 Å². The number of aliphatic imine (C=N–C) groups is 1. The minimum atomic E-state index is 0.253. The molecule has 0 bridgehead atoms. The van der Waals surface area contributed by atoms with Gasteiger partial charge in [0.2, 0.25) is 0 Å². The second-order valence-electron chi connectivity index (χ2n) is 5.13. The van der Waals surface area contributed by atoms with Crippen LogP contribution in [0, 0.1) is 0 Å². The number of anilines is 1. The van der Waals surface area contributed by atoms with E-state index in [0.717, 1.165) is 36.9 Å². The lowest BCUT2D eigenvalue weighted by Crippen LogP contribution is -2.51. The van der Waals surface area contributed by atoms with E-state index in [9.17, 15) is 5.11 Å². The SMILES string of the molecule is NC(=NCc1cccc(O)c1)N1CCN(c2nccs2)CC1. The Morgan fingerprint density at radius 1 is 1.32 bits per heavy atom. The number of hydrogen-bond acceptors (Lipinski definition) is 5. The van der Waals surface area contributed by atoms with Crippen molar-refractivity contribution in [1.82, 2.24) is 9.88 Å². The van der Waals surface area contributed by atoms with Gasteiger partial charge in [0.1, 0.15) is 5.75 Å². The lowest BCUT2D eigenvalue weighted by atomic mass is 10.2. The topological polar surface area (TPSA) is 78.0 Å². The van der Waals surface area contributed by atoms with E-state index in [4.69, 9.17) is 5.73 Å². The van der Waals surface area contributed by atoms with E-state index >= 15 is 0 Å². The molecule has 0 aliphatic carbocycles. The Bertz CT molecular complexity index is 635. The second-order valence-corrected chi connectivity index (χ2v) is 6.01. The maximum atomic E-state index is 9.45. The predicted octanol–water partition coefficient (Wildman–Crippen LogP) is 1.49. The lowest BCUT2D eigenvalue weighted by Gasteiger charge is -2.35. The molecule has 2 heterocycles. The average Bonchev–Trinajstić information content (AvgIpc) is 3.07. The fraction of sp³-hybridized carbons (Fsp3) is 0.333. The molecule has 0 radical (unpaired) electrons. The molecule has 0 unspecified atom stereocenters. The van der Waals surface area contributed by atoms with E-state index in [1.165, 1.54) is 0 Å². The molecule has 1 fully saturated rings. The van der Waals surface area contributed by atoms with Crippen LogP contribution < -0.4 is 10.6 Å². The highest BCUT2D eigenvalue weighted by molar-refractivity contribution is 7.13. The number of nitrogens with two attached hydrogens (primary N) is 1. The van der Waals surface area contributed by atoms with Crippen LogP contribution in [-0.2, 0) is 6.54 Å². The monoisotopic (exact) mass is 317 g/mol. The average molecular weight is 317 g/mol. The minimum Gasteiger partial charge on any atom is -0.508 e. The first-order valence-electron chi connectivity index (χ1n) is 7.19. The number of nitrogens with zero attached hydrogens (tertiary/aromatic N) is 4. The standard InChI is InChI=1S/C15H19N5OS/c16-14(18-11-12-2-1-3-13(21)10-12)19-5-7-20(8-6-19)15-17-4-9-22-15/h1-4,9-10,21H,5-8,11H2,(H2,16,18). The highest BCUT2D eigenvalue weighted by Gasteiger charge is 2.19. The van der Waals surface area contributed by atoms with Crippen LogP contribution in [0.5, 0.6) is 5.75 Å². The molecule has 1 aromatic carbocycles. The summed E-state index contributed by atoms with van der Waals surface area (Å²) in [4.78, 5) is 13.1. The first-order valence-corrected chi connectivity index (χ1v) is 8.07. The van der Waals surface area contributed by atoms with Crippen molar-refractivity contribution in [2.45, 2.75) is 6.54 Å². The first kappa shape index (κ1) is 14.6. The maximum Gasteiger partial charge on any atom is 0.191 e. The van der Waals surface area contributed by atoms with Crippen molar-refractivity contribution in [3.63, 3.8) is 0 Å². The second kappa shape index (κ2) is 6.65. The fourth-order valence-electron chi connectivity index (χ4n) is 2.43. The highest BCUT2D eigenvalue weighted by atomic mass is 32.1. The van der Waals surface area contributed by atoms with Gasteiger partial charge in [-0.2, -0.15) is 0 Å². The van der Waals surface area contributed by atoms with Crippen molar-refractivity contribution in [1.29, 1.82) is 0 Å². The van der Waals surface area contributed by atoms with Gasteiger partial charge in [-0.15, -0.1) is 11.3 Å². The normalized spacial score (nSPS) is 16.1. The maximum absolute atomic E-state index is 9.45. The van der Waals surface area contributed by atoms with Crippen LogP contribution in [0.1, 0.15) is 5.56 Å². The number of benzene rings is 1. The predicted molar refractivity (Wildman–Crippen MR) is 89.3 cm³/mol. The number of aromatic hydroxyl groups is 1. The summed E-state index contributed by atoms with van der Waals surface area (Å²) < 4.78 is 0. The molecule has 1 aromatic heterocycles. The zero-order valence-corrected chi connectivity index (χ0v) is 13.0. The summed E-state index contributed by atoms with van der Waals surface area (Å²) >= 11 is 1.66. The molecule has 1 aliphatic heterocycles. The highest BCUT2D eigenvalue weighted by Crippen LogP contribution is 2.18. The van der Waals surface area contributed by atoms with Crippen molar-refractivity contribution < 1.29 is 5.11 Å². The molecule has 7 heteroatoms. The molecular formula is C15H19N5OS. The molecule has 3 N–H and O–H groups in total.